The number of rotatable bonds is 3. The molecule has 17 heavy (non-hydrogen) atoms. The average Bonchev–Trinajstić information content (AvgIpc) is 2.57. The van der Waals surface area contributed by atoms with Crippen molar-refractivity contribution in [3.8, 4) is 0 Å². The molecule has 1 aliphatic carbocycles. The van der Waals surface area contributed by atoms with E-state index in [2.05, 4.69) is 11.9 Å². The zero-order chi connectivity index (χ0) is 12.6. The van der Waals surface area contributed by atoms with E-state index in [1.165, 1.54) is 0 Å². The molecule has 2 aliphatic rings. The maximum atomic E-state index is 11.4. The highest BCUT2D eigenvalue weighted by molar-refractivity contribution is 5.91. The van der Waals surface area contributed by atoms with Crippen LogP contribution in [0.3, 0.4) is 0 Å². The van der Waals surface area contributed by atoms with Gasteiger partial charge in [0.1, 0.15) is 0 Å². The molecule has 2 fully saturated rings. The van der Waals surface area contributed by atoms with Gasteiger partial charge in [0.25, 0.3) is 0 Å². The van der Waals surface area contributed by atoms with Gasteiger partial charge >= 0.3 is 11.9 Å². The Balaban J connectivity index is 2.26. The highest BCUT2D eigenvalue weighted by atomic mass is 16.6. The minimum Gasteiger partial charge on any atom is -0.478 e. The van der Waals surface area contributed by atoms with Gasteiger partial charge in [0.2, 0.25) is 11.5 Å². The Bertz CT molecular complexity index is 405. The molecule has 0 aromatic carbocycles. The first-order valence-electron chi connectivity index (χ1n) is 5.39. The highest BCUT2D eigenvalue weighted by Gasteiger charge is 2.60. The Hall–Kier alpha value is -1.85. The number of carboxylic acids is 1. The first-order chi connectivity index (χ1) is 7.99. The zero-order valence-electron chi connectivity index (χ0n) is 9.14. The predicted molar refractivity (Wildman–Crippen MR) is 55.9 cm³/mol. The van der Waals surface area contributed by atoms with Crippen molar-refractivity contribution in [3.05, 3.63) is 12.7 Å². The minimum absolute atomic E-state index is 0.128. The van der Waals surface area contributed by atoms with Crippen molar-refractivity contribution in [1.29, 1.82) is 0 Å². The molecule has 3 unspecified atom stereocenters. The van der Waals surface area contributed by atoms with Crippen LogP contribution in [0.25, 0.3) is 0 Å². The molecule has 2 bridgehead atoms. The number of hydrogen-bond donors (Lipinski definition) is 2. The number of carbonyl (C=O) groups is 3. The lowest BCUT2D eigenvalue weighted by Gasteiger charge is -2.34. The number of aliphatic carboxylic acids is 1. The maximum Gasteiger partial charge on any atom is 0.350 e. The summed E-state index contributed by atoms with van der Waals surface area (Å²) in [6, 6.07) is -0.687. The number of amides is 1. The summed E-state index contributed by atoms with van der Waals surface area (Å²) < 4.78 is 5.00. The van der Waals surface area contributed by atoms with Gasteiger partial charge in [-0.15, -0.1) is 0 Å². The Morgan fingerprint density at radius 2 is 2.24 bits per heavy atom. The van der Waals surface area contributed by atoms with E-state index in [0.29, 0.717) is 12.8 Å². The molecular weight excluding hydrogens is 226 g/mol. The van der Waals surface area contributed by atoms with E-state index < -0.39 is 29.5 Å². The molecule has 1 heterocycles. The van der Waals surface area contributed by atoms with Gasteiger partial charge in [0, 0.05) is 6.42 Å². The number of hydrogen-bond acceptors (Lipinski definition) is 4. The molecule has 92 valence electrons. The van der Waals surface area contributed by atoms with Gasteiger partial charge in [0.15, 0.2) is 0 Å². The van der Waals surface area contributed by atoms with Gasteiger partial charge in [-0.05, 0) is 18.9 Å². The first-order valence-corrected chi connectivity index (χ1v) is 5.39. The van der Waals surface area contributed by atoms with Crippen molar-refractivity contribution in [1.82, 2.24) is 5.32 Å². The second-order valence-corrected chi connectivity index (χ2v) is 4.36. The Labute approximate surface area is 97.6 Å². The molecule has 6 nitrogen and oxygen atoms in total. The Kier molecular flexibility index (Phi) is 2.65. The zero-order valence-corrected chi connectivity index (χ0v) is 9.14. The predicted octanol–water partition coefficient (Wildman–Crippen LogP) is -0.162. The average molecular weight is 239 g/mol. The molecule has 1 saturated heterocycles. The second-order valence-electron chi connectivity index (χ2n) is 4.36. The van der Waals surface area contributed by atoms with Crippen LogP contribution in [0.1, 0.15) is 19.3 Å². The maximum absolute atomic E-state index is 11.4. The molecule has 1 aliphatic heterocycles. The Morgan fingerprint density at radius 3 is 2.82 bits per heavy atom. The fourth-order valence-corrected chi connectivity index (χ4v) is 2.49. The van der Waals surface area contributed by atoms with Gasteiger partial charge in [-0.2, -0.15) is 0 Å². The van der Waals surface area contributed by atoms with Crippen LogP contribution in [0.4, 0.5) is 0 Å². The largest absolute Gasteiger partial charge is 0.478 e. The van der Waals surface area contributed by atoms with Gasteiger partial charge < -0.3 is 15.2 Å². The number of ether oxygens (including phenoxy) is 1. The first kappa shape index (κ1) is 11.6. The van der Waals surface area contributed by atoms with Gasteiger partial charge in [-0.25, -0.2) is 4.79 Å². The van der Waals surface area contributed by atoms with Crippen LogP contribution in [0, 0.1) is 5.92 Å². The molecule has 0 aromatic heterocycles. The third kappa shape index (κ3) is 1.69. The molecule has 0 radical (unpaired) electrons. The van der Waals surface area contributed by atoms with Crippen molar-refractivity contribution in [3.63, 3.8) is 0 Å². The number of carbonyl (C=O) groups excluding carboxylic acids is 2. The summed E-state index contributed by atoms with van der Waals surface area (Å²) in [6.07, 6.45) is 2.15. The molecule has 3 atom stereocenters. The summed E-state index contributed by atoms with van der Waals surface area (Å²) in [7, 11) is 0. The molecule has 0 aromatic rings. The van der Waals surface area contributed by atoms with E-state index in [9.17, 15) is 19.5 Å². The lowest BCUT2D eigenvalue weighted by atomic mass is 9.77. The summed E-state index contributed by atoms with van der Waals surface area (Å²) >= 11 is 0. The smallest absolute Gasteiger partial charge is 0.350 e. The molecule has 1 amide bonds. The third-order valence-electron chi connectivity index (χ3n) is 3.40. The van der Waals surface area contributed by atoms with Crippen molar-refractivity contribution in [2.24, 2.45) is 5.92 Å². The molecule has 1 saturated carbocycles. The lowest BCUT2D eigenvalue weighted by Crippen LogP contribution is -2.58. The lowest BCUT2D eigenvalue weighted by molar-refractivity contribution is -0.173. The number of carboxylic acid groups (broad SMARTS) is 1. The quantitative estimate of drug-likeness (QED) is 0.527. The van der Waals surface area contributed by atoms with E-state index in [4.69, 9.17) is 4.74 Å². The van der Waals surface area contributed by atoms with Crippen LogP contribution in [-0.2, 0) is 19.1 Å². The molecule has 2 N–H and O–H groups in total. The second kappa shape index (κ2) is 3.87. The molecule has 6 heteroatoms. The van der Waals surface area contributed by atoms with Crippen LogP contribution >= 0.6 is 0 Å². The number of fused-ring (bicyclic) bond motifs is 2. The van der Waals surface area contributed by atoms with Crippen LogP contribution in [-0.4, -0.2) is 34.6 Å². The van der Waals surface area contributed by atoms with Crippen LogP contribution in [0.15, 0.2) is 12.7 Å². The van der Waals surface area contributed by atoms with Crippen molar-refractivity contribution in [2.75, 3.05) is 0 Å². The summed E-state index contributed by atoms with van der Waals surface area (Å²) in [5.41, 5.74) is -1.60. The summed E-state index contributed by atoms with van der Waals surface area (Å²) in [4.78, 5) is 34.0. The normalized spacial score (nSPS) is 34.9. The van der Waals surface area contributed by atoms with Crippen molar-refractivity contribution < 1.29 is 24.2 Å². The van der Waals surface area contributed by atoms with E-state index in [-0.39, 0.29) is 12.3 Å². The summed E-state index contributed by atoms with van der Waals surface area (Å²) in [6.45, 7) is 3.30. The fourth-order valence-electron chi connectivity index (χ4n) is 2.49. The highest BCUT2D eigenvalue weighted by Crippen LogP contribution is 2.43. The topological polar surface area (TPSA) is 92.7 Å². The van der Waals surface area contributed by atoms with Crippen molar-refractivity contribution >= 4 is 17.8 Å². The molecular formula is C11H13NO5. The number of nitrogens with one attached hydrogen (secondary N) is 1. The van der Waals surface area contributed by atoms with E-state index in [0.717, 1.165) is 6.08 Å². The van der Waals surface area contributed by atoms with E-state index in [1.807, 2.05) is 0 Å². The molecule has 2 rings (SSSR count). The fraction of sp³-hybridized carbons (Fsp3) is 0.545. The van der Waals surface area contributed by atoms with Gasteiger partial charge in [-0.1, -0.05) is 6.58 Å². The minimum atomic E-state index is -1.60. The summed E-state index contributed by atoms with van der Waals surface area (Å²) in [5.74, 6) is -2.51. The monoisotopic (exact) mass is 239 g/mol. The van der Waals surface area contributed by atoms with E-state index in [1.54, 1.807) is 0 Å². The van der Waals surface area contributed by atoms with Crippen LogP contribution in [0.5, 0.6) is 0 Å². The SMILES string of the molecule is C=CC(=O)NC1CCC2CC1(C(=O)O)OC2=O. The van der Waals surface area contributed by atoms with Crippen LogP contribution < -0.4 is 5.32 Å². The molecule has 0 spiro atoms. The van der Waals surface area contributed by atoms with Gasteiger partial charge in [-0.3, -0.25) is 9.59 Å². The van der Waals surface area contributed by atoms with Crippen molar-refractivity contribution in [2.45, 2.75) is 30.9 Å². The van der Waals surface area contributed by atoms with Gasteiger partial charge in [0.05, 0.1) is 12.0 Å². The third-order valence-corrected chi connectivity index (χ3v) is 3.40. The number of esters is 1. The summed E-state index contributed by atoms with van der Waals surface area (Å²) in [5, 5.41) is 11.8. The Morgan fingerprint density at radius 1 is 1.53 bits per heavy atom. The van der Waals surface area contributed by atoms with Crippen LogP contribution in [0.2, 0.25) is 0 Å². The standard InChI is InChI=1S/C11H13NO5/c1-2-8(13)12-7-4-3-6-5-11(7,10(15)16)17-9(6)14/h2,6-7H,1,3-5H2,(H,12,13)(H,15,16). The van der Waals surface area contributed by atoms with E-state index >= 15 is 0 Å².